The van der Waals surface area contributed by atoms with Gasteiger partial charge in [0.1, 0.15) is 19.0 Å². The summed E-state index contributed by atoms with van der Waals surface area (Å²) in [7, 11) is 6.20. The first-order valence-corrected chi connectivity index (χ1v) is 7.34. The second kappa shape index (κ2) is 4.14. The van der Waals surface area contributed by atoms with Gasteiger partial charge >= 0.3 is 0 Å². The predicted molar refractivity (Wildman–Crippen MR) is 94.1 cm³/mol. The van der Waals surface area contributed by atoms with Gasteiger partial charge in [0.05, 0.1) is 0 Å². The molecule has 22 heavy (non-hydrogen) atoms. The Bertz CT molecular complexity index is 1180. The van der Waals surface area contributed by atoms with E-state index in [1.807, 2.05) is 24.3 Å². The lowest BCUT2D eigenvalue weighted by molar-refractivity contribution is 0.670. The minimum Gasteiger partial charge on any atom is -0.456 e. The van der Waals surface area contributed by atoms with Crippen LogP contribution in [0.2, 0.25) is 0 Å². The zero-order valence-corrected chi connectivity index (χ0v) is 11.8. The Morgan fingerprint density at radius 1 is 0.636 bits per heavy atom. The van der Waals surface area contributed by atoms with E-state index in [1.165, 1.54) is 16.2 Å². The minimum absolute atomic E-state index is 0.756. The lowest BCUT2D eigenvalue weighted by atomic mass is 9.88. The van der Waals surface area contributed by atoms with Gasteiger partial charge in [0.2, 0.25) is 0 Å². The topological polar surface area (TPSA) is 13.1 Å². The molecule has 0 aliphatic rings. The van der Waals surface area contributed by atoms with Gasteiger partial charge in [-0.1, -0.05) is 60.1 Å². The lowest BCUT2D eigenvalue weighted by Gasteiger charge is -2.04. The molecule has 1 nitrogen and oxygen atoms in total. The van der Waals surface area contributed by atoms with Crippen molar-refractivity contribution >= 4 is 56.8 Å². The fourth-order valence-electron chi connectivity index (χ4n) is 3.43. The molecule has 1 aromatic heterocycles. The van der Waals surface area contributed by atoms with Crippen molar-refractivity contribution in [3.05, 3.63) is 66.7 Å². The smallest absolute Gasteiger partial charge is 0.136 e. The van der Waals surface area contributed by atoms with Gasteiger partial charge in [-0.3, -0.25) is 0 Å². The van der Waals surface area contributed by atoms with Crippen LogP contribution in [0.1, 0.15) is 0 Å². The summed E-state index contributed by atoms with van der Waals surface area (Å²) in [6.07, 6.45) is 0. The van der Waals surface area contributed by atoms with Crippen LogP contribution < -0.4 is 5.46 Å². The molecule has 0 amide bonds. The average molecular weight is 278 g/mol. The Hall–Kier alpha value is -2.74. The number of hydrogen-bond acceptors (Lipinski definition) is 1. The molecule has 0 N–H and O–H groups in total. The first-order valence-electron chi connectivity index (χ1n) is 7.34. The van der Waals surface area contributed by atoms with Crippen LogP contribution in [0.4, 0.5) is 0 Å². The summed E-state index contributed by atoms with van der Waals surface area (Å²) in [5, 5.41) is 6.98. The highest BCUT2D eigenvalue weighted by atomic mass is 16.3. The molecule has 0 bridgehead atoms. The van der Waals surface area contributed by atoms with Crippen molar-refractivity contribution in [2.45, 2.75) is 0 Å². The quantitative estimate of drug-likeness (QED) is 0.375. The molecule has 1 heterocycles. The molecule has 0 spiro atoms. The normalized spacial score (nSPS) is 11.8. The molecule has 0 saturated heterocycles. The van der Waals surface area contributed by atoms with E-state index in [0.29, 0.717) is 0 Å². The van der Waals surface area contributed by atoms with Gasteiger partial charge < -0.3 is 4.42 Å². The number of fused-ring (bicyclic) bond motifs is 7. The van der Waals surface area contributed by atoms with Crippen LogP contribution in [-0.2, 0) is 0 Å². The predicted octanol–water partition coefficient (Wildman–Crippen LogP) is 4.69. The fourth-order valence-corrected chi connectivity index (χ4v) is 3.43. The fraction of sp³-hybridized carbons (Fsp3) is 0. The number of hydrogen-bond donors (Lipinski definition) is 0. The van der Waals surface area contributed by atoms with Crippen LogP contribution in [0.3, 0.4) is 0 Å². The average Bonchev–Trinajstić information content (AvgIpc) is 2.94. The first kappa shape index (κ1) is 11.9. The summed E-state index contributed by atoms with van der Waals surface area (Å²) in [5.74, 6) is 0. The summed E-state index contributed by atoms with van der Waals surface area (Å²) in [6.45, 7) is 0. The Morgan fingerprint density at radius 2 is 1.32 bits per heavy atom. The summed E-state index contributed by atoms with van der Waals surface area (Å²) in [5.41, 5.74) is 2.51. The first-order chi connectivity index (χ1) is 10.8. The number of rotatable bonds is 0. The highest BCUT2D eigenvalue weighted by molar-refractivity contribution is 6.42. The van der Waals surface area contributed by atoms with Crippen LogP contribution in [0.15, 0.2) is 71.1 Å². The van der Waals surface area contributed by atoms with Gasteiger partial charge in [0.15, 0.2) is 0 Å². The van der Waals surface area contributed by atoms with Crippen molar-refractivity contribution in [2.24, 2.45) is 0 Å². The molecule has 100 valence electrons. The van der Waals surface area contributed by atoms with Crippen LogP contribution in [0, 0.1) is 0 Å². The summed E-state index contributed by atoms with van der Waals surface area (Å²) < 4.78 is 6.07. The number of furan rings is 1. The molecule has 5 aromatic rings. The Labute approximate surface area is 128 Å². The van der Waals surface area contributed by atoms with Crippen LogP contribution >= 0.6 is 0 Å². The van der Waals surface area contributed by atoms with Crippen molar-refractivity contribution in [1.82, 2.24) is 0 Å². The molecule has 0 atom stereocenters. The van der Waals surface area contributed by atoms with Crippen molar-refractivity contribution in [3.8, 4) is 0 Å². The molecule has 2 radical (unpaired) electrons. The van der Waals surface area contributed by atoms with Gasteiger partial charge in [0, 0.05) is 10.8 Å². The maximum Gasteiger partial charge on any atom is 0.136 e. The van der Waals surface area contributed by atoms with Gasteiger partial charge in [0.25, 0.3) is 0 Å². The van der Waals surface area contributed by atoms with Crippen molar-refractivity contribution in [3.63, 3.8) is 0 Å². The Kier molecular flexibility index (Phi) is 2.23. The third-order valence-electron chi connectivity index (χ3n) is 4.40. The highest BCUT2D eigenvalue weighted by Gasteiger charge is 2.14. The van der Waals surface area contributed by atoms with E-state index in [-0.39, 0.29) is 0 Å². The lowest BCUT2D eigenvalue weighted by Crippen LogP contribution is -2.02. The highest BCUT2D eigenvalue weighted by Crippen LogP contribution is 2.37. The van der Waals surface area contributed by atoms with E-state index in [1.54, 1.807) is 0 Å². The third kappa shape index (κ3) is 1.44. The van der Waals surface area contributed by atoms with E-state index >= 15 is 0 Å². The molecule has 0 fully saturated rings. The van der Waals surface area contributed by atoms with Crippen LogP contribution in [-0.4, -0.2) is 7.85 Å². The summed E-state index contributed by atoms with van der Waals surface area (Å²) in [4.78, 5) is 0. The van der Waals surface area contributed by atoms with Gasteiger partial charge in [-0.05, 0) is 33.7 Å². The van der Waals surface area contributed by atoms with Gasteiger partial charge in [-0.15, -0.1) is 0 Å². The second-order valence-electron chi connectivity index (χ2n) is 5.65. The molecule has 0 saturated carbocycles. The van der Waals surface area contributed by atoms with Crippen molar-refractivity contribution < 1.29 is 4.42 Å². The van der Waals surface area contributed by atoms with Crippen LogP contribution in [0.25, 0.3) is 43.5 Å². The maximum absolute atomic E-state index is 6.20. The van der Waals surface area contributed by atoms with Crippen molar-refractivity contribution in [2.75, 3.05) is 0 Å². The largest absolute Gasteiger partial charge is 0.456 e. The zero-order chi connectivity index (χ0) is 14.7. The Balaban J connectivity index is 2.18. The summed E-state index contributed by atoms with van der Waals surface area (Å²) >= 11 is 0. The molecule has 0 unspecified atom stereocenters. The molecule has 0 aliphatic carbocycles. The minimum atomic E-state index is 0.756. The van der Waals surface area contributed by atoms with Crippen molar-refractivity contribution in [1.29, 1.82) is 0 Å². The maximum atomic E-state index is 6.20. The molecule has 5 rings (SSSR count). The van der Waals surface area contributed by atoms with E-state index in [4.69, 9.17) is 12.3 Å². The monoisotopic (exact) mass is 278 g/mol. The van der Waals surface area contributed by atoms with E-state index < -0.39 is 0 Å². The standard InChI is InChI=1S/C20H11BO/c21-16-11-18-20(15-8-4-3-7-14(15)16)19-13-6-2-1-5-12(13)9-10-17(19)22-18/h1-11H. The summed E-state index contributed by atoms with van der Waals surface area (Å²) in [6, 6.07) is 22.7. The molecular weight excluding hydrogens is 267 g/mol. The van der Waals surface area contributed by atoms with E-state index in [0.717, 1.165) is 32.8 Å². The second-order valence-corrected chi connectivity index (χ2v) is 5.65. The number of benzene rings is 4. The van der Waals surface area contributed by atoms with Gasteiger partial charge in [-0.2, -0.15) is 0 Å². The zero-order valence-electron chi connectivity index (χ0n) is 11.8. The molecule has 0 aliphatic heterocycles. The third-order valence-corrected chi connectivity index (χ3v) is 4.40. The molecule has 2 heteroatoms. The van der Waals surface area contributed by atoms with E-state index in [9.17, 15) is 0 Å². The SMILES string of the molecule is [B]c1cc2oc3ccc4ccccc4c3c2c2ccccc12. The molecular formula is C20H11BO. The van der Waals surface area contributed by atoms with E-state index in [2.05, 4.69) is 42.5 Å². The van der Waals surface area contributed by atoms with Gasteiger partial charge in [-0.25, -0.2) is 0 Å². The Morgan fingerprint density at radius 3 is 2.18 bits per heavy atom. The molecule has 4 aromatic carbocycles. The van der Waals surface area contributed by atoms with Crippen LogP contribution in [0.5, 0.6) is 0 Å².